The third-order valence-corrected chi connectivity index (χ3v) is 3.55. The van der Waals surface area contributed by atoms with Crippen LogP contribution in [0.2, 0.25) is 0 Å². The van der Waals surface area contributed by atoms with Crippen LogP contribution in [0.3, 0.4) is 0 Å². The Morgan fingerprint density at radius 1 is 1.28 bits per heavy atom. The zero-order chi connectivity index (χ0) is 12.5. The molecule has 0 saturated heterocycles. The normalized spacial score (nSPS) is 15.4. The fraction of sp³-hybridized carbons (Fsp3) is 0.400. The number of rotatable bonds is 1. The van der Waals surface area contributed by atoms with Gasteiger partial charge in [-0.3, -0.25) is 4.98 Å². The van der Waals surface area contributed by atoms with E-state index in [0.29, 0.717) is 6.04 Å². The summed E-state index contributed by atoms with van der Waals surface area (Å²) in [4.78, 5) is 7.03. The molecule has 1 aliphatic heterocycles. The molecule has 0 spiro atoms. The van der Waals surface area contributed by atoms with E-state index in [-0.39, 0.29) is 0 Å². The molecule has 0 amide bonds. The number of fused-ring (bicyclic) bond motifs is 3. The highest BCUT2D eigenvalue weighted by Crippen LogP contribution is 2.35. The van der Waals surface area contributed by atoms with Crippen LogP contribution in [-0.2, 0) is 0 Å². The maximum atomic E-state index is 4.54. The molecule has 0 saturated carbocycles. The SMILES string of the molecule is CC(C)N1CCCNc2cnc3ccccc3c21. The van der Waals surface area contributed by atoms with E-state index in [4.69, 9.17) is 0 Å². The topological polar surface area (TPSA) is 28.2 Å². The van der Waals surface area contributed by atoms with Gasteiger partial charge in [0.15, 0.2) is 0 Å². The van der Waals surface area contributed by atoms with Gasteiger partial charge in [0.2, 0.25) is 0 Å². The first kappa shape index (κ1) is 11.3. The largest absolute Gasteiger partial charge is 0.382 e. The van der Waals surface area contributed by atoms with Crippen LogP contribution in [0, 0.1) is 0 Å². The van der Waals surface area contributed by atoms with E-state index in [1.54, 1.807) is 0 Å². The van der Waals surface area contributed by atoms with Gasteiger partial charge in [-0.1, -0.05) is 18.2 Å². The maximum absolute atomic E-state index is 4.54. The van der Waals surface area contributed by atoms with Crippen LogP contribution in [0.5, 0.6) is 0 Å². The van der Waals surface area contributed by atoms with E-state index in [2.05, 4.69) is 47.2 Å². The lowest BCUT2D eigenvalue weighted by Gasteiger charge is -2.29. The number of pyridine rings is 1. The predicted octanol–water partition coefficient (Wildman–Crippen LogP) is 3.27. The third-order valence-electron chi connectivity index (χ3n) is 3.55. The molecule has 18 heavy (non-hydrogen) atoms. The molecule has 0 atom stereocenters. The fourth-order valence-electron chi connectivity index (χ4n) is 2.67. The van der Waals surface area contributed by atoms with E-state index in [1.165, 1.54) is 23.2 Å². The summed E-state index contributed by atoms with van der Waals surface area (Å²) >= 11 is 0. The van der Waals surface area contributed by atoms with Gasteiger partial charge in [0.05, 0.1) is 23.1 Å². The van der Waals surface area contributed by atoms with Gasteiger partial charge in [0.25, 0.3) is 0 Å². The van der Waals surface area contributed by atoms with Crippen molar-refractivity contribution < 1.29 is 0 Å². The van der Waals surface area contributed by atoms with Crippen molar-refractivity contribution in [2.24, 2.45) is 0 Å². The number of benzene rings is 1. The Kier molecular flexibility index (Phi) is 2.82. The highest BCUT2D eigenvalue weighted by molar-refractivity contribution is 5.98. The second kappa shape index (κ2) is 4.48. The first-order valence-corrected chi connectivity index (χ1v) is 6.65. The van der Waals surface area contributed by atoms with Gasteiger partial charge in [-0.2, -0.15) is 0 Å². The third kappa shape index (κ3) is 1.80. The molecule has 1 N–H and O–H groups in total. The number of nitrogens with one attached hydrogen (secondary N) is 1. The van der Waals surface area contributed by atoms with E-state index in [1.807, 2.05) is 12.3 Å². The van der Waals surface area contributed by atoms with Crippen LogP contribution in [0.15, 0.2) is 30.5 Å². The summed E-state index contributed by atoms with van der Waals surface area (Å²) in [5.41, 5.74) is 3.55. The number of anilines is 2. The fourth-order valence-corrected chi connectivity index (χ4v) is 2.67. The average molecular weight is 241 g/mol. The van der Waals surface area contributed by atoms with E-state index < -0.39 is 0 Å². The molecule has 1 aliphatic rings. The molecule has 2 aromatic rings. The molecule has 0 aliphatic carbocycles. The van der Waals surface area contributed by atoms with Crippen LogP contribution in [0.1, 0.15) is 20.3 Å². The minimum Gasteiger partial charge on any atom is -0.382 e. The molecule has 3 heteroatoms. The summed E-state index contributed by atoms with van der Waals surface area (Å²) in [5.74, 6) is 0. The molecule has 1 aromatic heterocycles. The van der Waals surface area contributed by atoms with Crippen molar-refractivity contribution in [2.45, 2.75) is 26.3 Å². The molecule has 3 rings (SSSR count). The molecule has 0 unspecified atom stereocenters. The molecule has 0 fully saturated rings. The second-order valence-electron chi connectivity index (χ2n) is 5.11. The minimum atomic E-state index is 0.509. The van der Waals surface area contributed by atoms with Crippen LogP contribution in [0.4, 0.5) is 11.4 Å². The first-order chi connectivity index (χ1) is 8.77. The smallest absolute Gasteiger partial charge is 0.0771 e. The van der Waals surface area contributed by atoms with Gasteiger partial charge in [-0.15, -0.1) is 0 Å². The quantitative estimate of drug-likeness (QED) is 0.830. The zero-order valence-electron chi connectivity index (χ0n) is 11.0. The summed E-state index contributed by atoms with van der Waals surface area (Å²) in [6.45, 7) is 6.64. The number of para-hydroxylation sites is 1. The molecule has 0 bridgehead atoms. The molecule has 1 aromatic carbocycles. The molecule has 3 nitrogen and oxygen atoms in total. The average Bonchev–Trinajstić information content (AvgIpc) is 2.61. The van der Waals surface area contributed by atoms with Gasteiger partial charge in [0.1, 0.15) is 0 Å². The lowest BCUT2D eigenvalue weighted by molar-refractivity contribution is 0.674. The van der Waals surface area contributed by atoms with E-state index in [9.17, 15) is 0 Å². The summed E-state index contributed by atoms with van der Waals surface area (Å²) < 4.78 is 0. The van der Waals surface area contributed by atoms with E-state index in [0.717, 1.165) is 18.6 Å². The van der Waals surface area contributed by atoms with E-state index >= 15 is 0 Å². The van der Waals surface area contributed by atoms with Crippen molar-refractivity contribution in [3.63, 3.8) is 0 Å². The Morgan fingerprint density at radius 2 is 2.11 bits per heavy atom. The van der Waals surface area contributed by atoms with Gasteiger partial charge < -0.3 is 10.2 Å². The molecule has 2 heterocycles. The van der Waals surface area contributed by atoms with Crippen molar-refractivity contribution in [3.8, 4) is 0 Å². The number of hydrogen-bond acceptors (Lipinski definition) is 3. The molecular weight excluding hydrogens is 222 g/mol. The monoisotopic (exact) mass is 241 g/mol. The maximum Gasteiger partial charge on any atom is 0.0771 e. The highest BCUT2D eigenvalue weighted by atomic mass is 15.2. The zero-order valence-corrected chi connectivity index (χ0v) is 11.0. The summed E-state index contributed by atoms with van der Waals surface area (Å²) in [5, 5.41) is 4.75. The van der Waals surface area contributed by atoms with Gasteiger partial charge in [0, 0.05) is 24.5 Å². The number of aromatic nitrogens is 1. The van der Waals surface area contributed by atoms with Crippen molar-refractivity contribution >= 4 is 22.3 Å². The van der Waals surface area contributed by atoms with Crippen molar-refractivity contribution in [1.29, 1.82) is 0 Å². The Morgan fingerprint density at radius 3 is 2.94 bits per heavy atom. The van der Waals surface area contributed by atoms with Crippen LogP contribution < -0.4 is 10.2 Å². The predicted molar refractivity (Wildman–Crippen MR) is 77.3 cm³/mol. The first-order valence-electron chi connectivity index (χ1n) is 6.65. The molecular formula is C15H19N3. The summed E-state index contributed by atoms with van der Waals surface area (Å²) in [6.07, 6.45) is 3.14. The Balaban J connectivity index is 2.26. The standard InChI is InChI=1S/C15H19N3/c1-11(2)18-9-5-8-16-14-10-17-13-7-4-3-6-12(13)15(14)18/h3-4,6-7,10-11,16H,5,8-9H2,1-2H3. The molecule has 0 radical (unpaired) electrons. The number of nitrogens with zero attached hydrogens (tertiary/aromatic N) is 2. The van der Waals surface area contributed by atoms with Gasteiger partial charge >= 0.3 is 0 Å². The van der Waals surface area contributed by atoms with Crippen LogP contribution >= 0.6 is 0 Å². The number of hydrogen-bond donors (Lipinski definition) is 1. The Hall–Kier alpha value is -1.77. The van der Waals surface area contributed by atoms with Crippen molar-refractivity contribution in [2.75, 3.05) is 23.3 Å². The van der Waals surface area contributed by atoms with Gasteiger partial charge in [-0.25, -0.2) is 0 Å². The molecule has 94 valence electrons. The van der Waals surface area contributed by atoms with Gasteiger partial charge in [-0.05, 0) is 26.3 Å². The lowest BCUT2D eigenvalue weighted by atomic mass is 10.1. The lowest BCUT2D eigenvalue weighted by Crippen LogP contribution is -2.31. The summed E-state index contributed by atoms with van der Waals surface area (Å²) in [6, 6.07) is 8.90. The van der Waals surface area contributed by atoms with Crippen molar-refractivity contribution in [3.05, 3.63) is 30.5 Å². The summed E-state index contributed by atoms with van der Waals surface area (Å²) in [7, 11) is 0. The minimum absolute atomic E-state index is 0.509. The van der Waals surface area contributed by atoms with Crippen molar-refractivity contribution in [1.82, 2.24) is 4.98 Å². The second-order valence-corrected chi connectivity index (χ2v) is 5.11. The Bertz CT molecular complexity index is 563. The highest BCUT2D eigenvalue weighted by Gasteiger charge is 2.20. The Labute approximate surface area is 108 Å². The van der Waals surface area contributed by atoms with Crippen LogP contribution in [0.25, 0.3) is 10.9 Å². The van der Waals surface area contributed by atoms with Crippen LogP contribution in [-0.4, -0.2) is 24.1 Å².